The predicted octanol–water partition coefficient (Wildman–Crippen LogP) is 15.7. The maximum absolute atomic E-state index is 2.53. The second-order valence-corrected chi connectivity index (χ2v) is 17.7. The van der Waals surface area contributed by atoms with Crippen LogP contribution in [0.5, 0.6) is 0 Å². The normalized spacial score (nSPS) is 13.0. The van der Waals surface area contributed by atoms with E-state index >= 15 is 0 Å². The van der Waals surface area contributed by atoms with E-state index in [2.05, 4.69) is 187 Å². The fraction of sp³-hybridized carbons (Fsp3) is 0.148. The average molecular weight is 691 g/mol. The minimum atomic E-state index is -0.0129. The summed E-state index contributed by atoms with van der Waals surface area (Å²) in [6.45, 7) is 13.9. The lowest BCUT2D eigenvalue weighted by Gasteiger charge is -2.24. The fourth-order valence-corrected chi connectivity index (χ4v) is 9.72. The van der Waals surface area contributed by atoms with Crippen LogP contribution in [0.3, 0.4) is 0 Å². The van der Waals surface area contributed by atoms with Crippen LogP contribution in [0.2, 0.25) is 0 Å². The second kappa shape index (κ2) is 10.8. The van der Waals surface area contributed by atoms with Crippen LogP contribution in [0, 0.1) is 0 Å². The van der Waals surface area contributed by atoms with Gasteiger partial charge in [0.15, 0.2) is 0 Å². The Bertz CT molecular complexity index is 3300. The summed E-state index contributed by atoms with van der Waals surface area (Å²) in [6.07, 6.45) is 0. The Morgan fingerprint density at radius 2 is 0.796 bits per heavy atom. The molecule has 0 nitrogen and oxygen atoms in total. The van der Waals surface area contributed by atoms with Gasteiger partial charge < -0.3 is 0 Å². The molecule has 0 unspecified atom stereocenters. The molecule has 0 heterocycles. The number of rotatable bonds is 2. The second-order valence-electron chi connectivity index (χ2n) is 17.7. The van der Waals surface area contributed by atoms with Gasteiger partial charge in [-0.05, 0) is 149 Å². The van der Waals surface area contributed by atoms with E-state index in [0.717, 1.165) is 0 Å². The lowest BCUT2D eigenvalue weighted by atomic mass is 9.80. The molecular formula is C54H42. The van der Waals surface area contributed by atoms with Crippen molar-refractivity contribution in [2.45, 2.75) is 52.4 Å². The van der Waals surface area contributed by atoms with Crippen LogP contribution in [0.25, 0.3) is 108 Å². The van der Waals surface area contributed by atoms with Crippen LogP contribution in [-0.4, -0.2) is 0 Å². The molecule has 0 aliphatic rings. The monoisotopic (exact) mass is 690 g/mol. The van der Waals surface area contributed by atoms with Gasteiger partial charge in [0.1, 0.15) is 0 Å². The standard InChI is InChI=1S/C54H42/c1-53(2,3)33-22-20-31(21-23-33)35-25-24-34(54(4,5)6)28-46(35)51-42-27-26-38-40-18-11-17-39-36-14-7-8-15-37(36)47(50(39)40)29-44(38)45(42)30-48-41-16-9-12-32-13-10-19-43(49(32)41)52(48)51/h7-30H,1-6H3. The first-order valence-corrected chi connectivity index (χ1v) is 19.4. The molecule has 0 fully saturated rings. The molecule has 0 heteroatoms. The van der Waals surface area contributed by atoms with Crippen molar-refractivity contribution in [3.8, 4) is 22.3 Å². The molecule has 0 bridgehead atoms. The van der Waals surface area contributed by atoms with E-state index in [0.29, 0.717) is 0 Å². The number of hydrogen-bond donors (Lipinski definition) is 0. The maximum Gasteiger partial charge on any atom is -0.00134 e. The highest BCUT2D eigenvalue weighted by Gasteiger charge is 2.25. The zero-order valence-corrected chi connectivity index (χ0v) is 31.9. The third kappa shape index (κ3) is 4.32. The smallest absolute Gasteiger partial charge is 0.00134 e. The van der Waals surface area contributed by atoms with Gasteiger partial charge in [-0.1, -0.05) is 169 Å². The Balaban J connectivity index is 1.36. The van der Waals surface area contributed by atoms with Gasteiger partial charge in [-0.2, -0.15) is 0 Å². The van der Waals surface area contributed by atoms with E-state index in [1.54, 1.807) is 0 Å². The zero-order valence-electron chi connectivity index (χ0n) is 31.9. The highest BCUT2D eigenvalue weighted by molar-refractivity contribution is 6.40. The third-order valence-corrected chi connectivity index (χ3v) is 12.5. The minimum absolute atomic E-state index is 0.0129. The van der Waals surface area contributed by atoms with Crippen LogP contribution in [0.15, 0.2) is 146 Å². The van der Waals surface area contributed by atoms with Crippen molar-refractivity contribution < 1.29 is 0 Å². The third-order valence-electron chi connectivity index (χ3n) is 12.5. The van der Waals surface area contributed by atoms with Crippen molar-refractivity contribution in [1.82, 2.24) is 0 Å². The zero-order chi connectivity index (χ0) is 36.7. The molecule has 11 aromatic rings. The van der Waals surface area contributed by atoms with Gasteiger partial charge in [0, 0.05) is 0 Å². The Hall–Kier alpha value is -5.98. The summed E-state index contributed by atoms with van der Waals surface area (Å²) in [5, 5.41) is 21.3. The lowest BCUT2D eigenvalue weighted by molar-refractivity contribution is 0.590. The molecule has 0 aromatic heterocycles. The number of benzene rings is 9. The summed E-state index contributed by atoms with van der Waals surface area (Å²) in [4.78, 5) is 0. The van der Waals surface area contributed by atoms with Crippen LogP contribution in [0.4, 0.5) is 0 Å². The summed E-state index contributed by atoms with van der Waals surface area (Å²) >= 11 is 0. The van der Waals surface area contributed by atoms with Crippen molar-refractivity contribution in [2.75, 3.05) is 0 Å². The summed E-state index contributed by atoms with van der Waals surface area (Å²) < 4.78 is 0. The molecule has 0 radical (unpaired) electrons. The van der Waals surface area contributed by atoms with Gasteiger partial charge in [0.25, 0.3) is 0 Å². The summed E-state index contributed by atoms with van der Waals surface area (Å²) in [6, 6.07) is 56.0. The van der Waals surface area contributed by atoms with E-state index in [1.807, 2.05) is 0 Å². The van der Waals surface area contributed by atoms with Crippen molar-refractivity contribution in [2.24, 2.45) is 0 Å². The average Bonchev–Trinajstić information content (AvgIpc) is 3.67. The Labute approximate surface area is 316 Å². The van der Waals surface area contributed by atoms with Gasteiger partial charge >= 0.3 is 0 Å². The van der Waals surface area contributed by atoms with E-state index in [4.69, 9.17) is 0 Å². The van der Waals surface area contributed by atoms with E-state index in [9.17, 15) is 0 Å². The minimum Gasteiger partial charge on any atom is -0.0616 e. The SMILES string of the molecule is CC(C)(C)c1ccc(-c2ccc(C(C)(C)C)cc2-c2c3ccc4c(cc5c6ccccc6c6cccc4c65)c3cc3c4cccc5cccc(c23)c54)cc1. The molecule has 0 atom stereocenters. The number of hydrogen-bond acceptors (Lipinski definition) is 0. The van der Waals surface area contributed by atoms with Crippen LogP contribution < -0.4 is 0 Å². The van der Waals surface area contributed by atoms with Crippen molar-refractivity contribution in [3.05, 3.63) is 157 Å². The lowest BCUT2D eigenvalue weighted by Crippen LogP contribution is -2.11. The molecular weight excluding hydrogens is 649 g/mol. The van der Waals surface area contributed by atoms with Gasteiger partial charge in [-0.25, -0.2) is 0 Å². The Morgan fingerprint density at radius 1 is 0.296 bits per heavy atom. The first-order chi connectivity index (χ1) is 26.1. The van der Waals surface area contributed by atoms with Crippen LogP contribution >= 0.6 is 0 Å². The molecule has 258 valence electrons. The maximum atomic E-state index is 2.53. The largest absolute Gasteiger partial charge is 0.0616 e. The van der Waals surface area contributed by atoms with Gasteiger partial charge in [0.05, 0.1) is 0 Å². The molecule has 11 aromatic carbocycles. The molecule has 0 aliphatic heterocycles. The quantitative estimate of drug-likeness (QED) is 0.158. The topological polar surface area (TPSA) is 0 Å². The van der Waals surface area contributed by atoms with Crippen molar-refractivity contribution in [3.63, 3.8) is 0 Å². The highest BCUT2D eigenvalue weighted by Crippen LogP contribution is 2.51. The van der Waals surface area contributed by atoms with Crippen LogP contribution in [0.1, 0.15) is 52.7 Å². The van der Waals surface area contributed by atoms with Crippen molar-refractivity contribution >= 4 is 86.2 Å². The molecule has 0 aliphatic carbocycles. The predicted molar refractivity (Wildman–Crippen MR) is 237 cm³/mol. The van der Waals surface area contributed by atoms with Crippen molar-refractivity contribution in [1.29, 1.82) is 0 Å². The van der Waals surface area contributed by atoms with Gasteiger partial charge in [-0.15, -0.1) is 0 Å². The first kappa shape index (κ1) is 31.5. The van der Waals surface area contributed by atoms with E-state index in [1.165, 1.54) is 120 Å². The van der Waals surface area contributed by atoms with E-state index in [-0.39, 0.29) is 10.8 Å². The van der Waals surface area contributed by atoms with Gasteiger partial charge in [-0.3, -0.25) is 0 Å². The molecule has 0 amide bonds. The highest BCUT2D eigenvalue weighted by atomic mass is 14.3. The van der Waals surface area contributed by atoms with Crippen LogP contribution in [-0.2, 0) is 10.8 Å². The summed E-state index contributed by atoms with van der Waals surface area (Å²) in [7, 11) is 0. The first-order valence-electron chi connectivity index (χ1n) is 19.4. The number of fused-ring (bicyclic) bond motifs is 10. The molecule has 0 N–H and O–H groups in total. The molecule has 0 spiro atoms. The molecule has 11 rings (SSSR count). The fourth-order valence-electron chi connectivity index (χ4n) is 9.72. The van der Waals surface area contributed by atoms with Gasteiger partial charge in [0.2, 0.25) is 0 Å². The molecule has 0 saturated heterocycles. The Morgan fingerprint density at radius 3 is 1.46 bits per heavy atom. The molecule has 0 saturated carbocycles. The summed E-state index contributed by atoms with van der Waals surface area (Å²) in [5.74, 6) is 0. The molecule has 54 heavy (non-hydrogen) atoms. The Kier molecular flexibility index (Phi) is 6.31. The summed E-state index contributed by atoms with van der Waals surface area (Å²) in [5.41, 5.74) is 7.93. The van der Waals surface area contributed by atoms with E-state index < -0.39 is 0 Å².